The van der Waals surface area contributed by atoms with E-state index in [1.807, 2.05) is 0 Å². The highest BCUT2D eigenvalue weighted by atomic mass is 16.3. The standard InChI is InChI=1S/C9H17NO/c11-9(4-5-9)3-1-8-2-6-10-7-8/h8,10-11H,1-7H2. The molecule has 2 rings (SSSR count). The Labute approximate surface area is 68.0 Å². The van der Waals surface area contributed by atoms with Crippen LogP contribution in [0.25, 0.3) is 0 Å². The van der Waals surface area contributed by atoms with Gasteiger partial charge in [-0.1, -0.05) is 0 Å². The molecule has 1 atom stereocenters. The average molecular weight is 155 g/mol. The number of hydrogen-bond acceptors (Lipinski definition) is 2. The smallest absolute Gasteiger partial charge is 0.0650 e. The van der Waals surface area contributed by atoms with Crippen molar-refractivity contribution in [1.29, 1.82) is 0 Å². The van der Waals surface area contributed by atoms with Gasteiger partial charge >= 0.3 is 0 Å². The molecule has 2 aliphatic rings. The Balaban J connectivity index is 1.65. The van der Waals surface area contributed by atoms with Crippen molar-refractivity contribution in [1.82, 2.24) is 5.32 Å². The maximum Gasteiger partial charge on any atom is 0.0650 e. The summed E-state index contributed by atoms with van der Waals surface area (Å²) in [5, 5.41) is 12.9. The fourth-order valence-corrected chi connectivity index (χ4v) is 1.83. The third-order valence-electron chi connectivity index (χ3n) is 3.01. The van der Waals surface area contributed by atoms with E-state index in [1.54, 1.807) is 0 Å². The maximum absolute atomic E-state index is 9.57. The molecule has 0 amide bonds. The molecule has 0 spiro atoms. The van der Waals surface area contributed by atoms with Gasteiger partial charge in [0.05, 0.1) is 5.60 Å². The minimum Gasteiger partial charge on any atom is -0.390 e. The lowest BCUT2D eigenvalue weighted by Gasteiger charge is -2.10. The normalized spacial score (nSPS) is 34.1. The van der Waals surface area contributed by atoms with E-state index in [0.29, 0.717) is 0 Å². The molecule has 0 aromatic rings. The van der Waals surface area contributed by atoms with Crippen LogP contribution in [0.3, 0.4) is 0 Å². The number of rotatable bonds is 3. The molecule has 0 bridgehead atoms. The maximum atomic E-state index is 9.57. The van der Waals surface area contributed by atoms with Crippen molar-refractivity contribution in [3.8, 4) is 0 Å². The molecular weight excluding hydrogens is 138 g/mol. The number of nitrogens with one attached hydrogen (secondary N) is 1. The SMILES string of the molecule is OC1(CCC2CCNC2)CC1. The van der Waals surface area contributed by atoms with E-state index in [9.17, 15) is 5.11 Å². The Bertz CT molecular complexity index is 136. The Kier molecular flexibility index (Phi) is 1.90. The van der Waals surface area contributed by atoms with Crippen LogP contribution in [0.1, 0.15) is 32.1 Å². The van der Waals surface area contributed by atoms with Crippen molar-refractivity contribution in [2.75, 3.05) is 13.1 Å². The average Bonchev–Trinajstić information content (AvgIpc) is 2.53. The highest BCUT2D eigenvalue weighted by molar-refractivity contribution is 4.93. The lowest BCUT2D eigenvalue weighted by molar-refractivity contribution is 0.131. The van der Waals surface area contributed by atoms with Gasteiger partial charge in [0, 0.05) is 0 Å². The van der Waals surface area contributed by atoms with Gasteiger partial charge in [-0.15, -0.1) is 0 Å². The molecule has 1 heterocycles. The highest BCUT2D eigenvalue weighted by Crippen LogP contribution is 2.40. The Morgan fingerprint density at radius 3 is 2.82 bits per heavy atom. The first-order chi connectivity index (χ1) is 5.29. The van der Waals surface area contributed by atoms with Gasteiger partial charge in [0.1, 0.15) is 0 Å². The van der Waals surface area contributed by atoms with Crippen LogP contribution >= 0.6 is 0 Å². The zero-order valence-corrected chi connectivity index (χ0v) is 6.97. The molecule has 0 radical (unpaired) electrons. The molecule has 1 aliphatic carbocycles. The lowest BCUT2D eigenvalue weighted by Crippen LogP contribution is -2.13. The van der Waals surface area contributed by atoms with E-state index in [4.69, 9.17) is 0 Å². The molecule has 64 valence electrons. The summed E-state index contributed by atoms with van der Waals surface area (Å²) in [4.78, 5) is 0. The van der Waals surface area contributed by atoms with Crippen LogP contribution in [0.15, 0.2) is 0 Å². The van der Waals surface area contributed by atoms with Crippen molar-refractivity contribution in [2.24, 2.45) is 5.92 Å². The summed E-state index contributed by atoms with van der Waals surface area (Å²) in [6, 6.07) is 0. The Hall–Kier alpha value is -0.0800. The van der Waals surface area contributed by atoms with E-state index in [1.165, 1.54) is 25.9 Å². The first kappa shape index (κ1) is 7.56. The lowest BCUT2D eigenvalue weighted by atomic mass is 9.99. The molecule has 1 saturated heterocycles. The largest absolute Gasteiger partial charge is 0.390 e. The van der Waals surface area contributed by atoms with Crippen molar-refractivity contribution in [2.45, 2.75) is 37.7 Å². The summed E-state index contributed by atoms with van der Waals surface area (Å²) in [6.45, 7) is 2.36. The van der Waals surface area contributed by atoms with Gasteiger partial charge in [0.25, 0.3) is 0 Å². The van der Waals surface area contributed by atoms with Crippen LogP contribution in [-0.4, -0.2) is 23.8 Å². The Morgan fingerprint density at radius 1 is 1.45 bits per heavy atom. The monoisotopic (exact) mass is 155 g/mol. The zero-order chi connectivity index (χ0) is 7.73. The summed E-state index contributed by atoms with van der Waals surface area (Å²) in [5.74, 6) is 0.847. The molecule has 1 aliphatic heterocycles. The van der Waals surface area contributed by atoms with E-state index in [-0.39, 0.29) is 5.60 Å². The van der Waals surface area contributed by atoms with Gasteiger partial charge in [0.15, 0.2) is 0 Å². The summed E-state index contributed by atoms with van der Waals surface area (Å²) in [6.07, 6.45) is 5.68. The van der Waals surface area contributed by atoms with Crippen LogP contribution < -0.4 is 5.32 Å². The molecule has 11 heavy (non-hydrogen) atoms. The molecule has 0 aromatic heterocycles. The van der Waals surface area contributed by atoms with E-state index in [2.05, 4.69) is 5.32 Å². The minimum absolute atomic E-state index is 0.220. The van der Waals surface area contributed by atoms with Crippen molar-refractivity contribution in [3.63, 3.8) is 0 Å². The third-order valence-corrected chi connectivity index (χ3v) is 3.01. The van der Waals surface area contributed by atoms with Crippen molar-refractivity contribution < 1.29 is 5.11 Å². The third kappa shape index (κ3) is 1.94. The van der Waals surface area contributed by atoms with Crippen LogP contribution in [-0.2, 0) is 0 Å². The quantitative estimate of drug-likeness (QED) is 0.634. The zero-order valence-electron chi connectivity index (χ0n) is 6.97. The van der Waals surface area contributed by atoms with Crippen LogP contribution in [0, 0.1) is 5.92 Å². The first-order valence-corrected chi connectivity index (χ1v) is 4.72. The van der Waals surface area contributed by atoms with E-state index < -0.39 is 0 Å². The molecule has 2 nitrogen and oxygen atoms in total. The summed E-state index contributed by atoms with van der Waals surface area (Å²) in [5.41, 5.74) is -0.220. The molecule has 2 heteroatoms. The first-order valence-electron chi connectivity index (χ1n) is 4.72. The number of hydrogen-bond donors (Lipinski definition) is 2. The molecule has 1 saturated carbocycles. The topological polar surface area (TPSA) is 32.3 Å². The molecule has 2 fully saturated rings. The molecule has 1 unspecified atom stereocenters. The summed E-state index contributed by atoms with van der Waals surface area (Å²) in [7, 11) is 0. The fourth-order valence-electron chi connectivity index (χ4n) is 1.83. The van der Waals surface area contributed by atoms with E-state index >= 15 is 0 Å². The van der Waals surface area contributed by atoms with Gasteiger partial charge in [-0.2, -0.15) is 0 Å². The fraction of sp³-hybridized carbons (Fsp3) is 1.00. The highest BCUT2D eigenvalue weighted by Gasteiger charge is 2.40. The van der Waals surface area contributed by atoms with E-state index in [0.717, 1.165) is 25.2 Å². The van der Waals surface area contributed by atoms with Gasteiger partial charge in [-0.25, -0.2) is 0 Å². The van der Waals surface area contributed by atoms with Crippen LogP contribution in [0.5, 0.6) is 0 Å². The molecule has 2 N–H and O–H groups in total. The molecule has 0 aromatic carbocycles. The van der Waals surface area contributed by atoms with Gasteiger partial charge in [-0.05, 0) is 51.1 Å². The van der Waals surface area contributed by atoms with Gasteiger partial charge in [0.2, 0.25) is 0 Å². The van der Waals surface area contributed by atoms with Gasteiger partial charge < -0.3 is 10.4 Å². The second kappa shape index (κ2) is 2.76. The number of aliphatic hydroxyl groups is 1. The second-order valence-corrected chi connectivity index (χ2v) is 4.12. The van der Waals surface area contributed by atoms with Crippen LogP contribution in [0.4, 0.5) is 0 Å². The van der Waals surface area contributed by atoms with Crippen molar-refractivity contribution in [3.05, 3.63) is 0 Å². The predicted molar refractivity (Wildman–Crippen MR) is 44.4 cm³/mol. The van der Waals surface area contributed by atoms with Crippen molar-refractivity contribution >= 4 is 0 Å². The second-order valence-electron chi connectivity index (χ2n) is 4.12. The predicted octanol–water partition coefficient (Wildman–Crippen LogP) is 0.901. The van der Waals surface area contributed by atoms with Gasteiger partial charge in [-0.3, -0.25) is 0 Å². The Morgan fingerprint density at radius 2 is 2.27 bits per heavy atom. The summed E-state index contributed by atoms with van der Waals surface area (Å²) >= 11 is 0. The molecular formula is C9H17NO. The van der Waals surface area contributed by atoms with Crippen LogP contribution in [0.2, 0.25) is 0 Å². The summed E-state index contributed by atoms with van der Waals surface area (Å²) < 4.78 is 0. The minimum atomic E-state index is -0.220.